The number of urea groups is 1. The number of nitrogens with zero attached hydrogens (tertiary/aromatic N) is 1. The van der Waals surface area contributed by atoms with Crippen molar-refractivity contribution in [2.24, 2.45) is 0 Å². The molecular formula is C13H16ClN3O3S. The van der Waals surface area contributed by atoms with E-state index in [0.717, 1.165) is 0 Å². The second kappa shape index (κ2) is 5.15. The Bertz CT molecular complexity index is 669. The maximum absolute atomic E-state index is 12.6. The molecule has 2 aliphatic heterocycles. The average Bonchev–Trinajstić information content (AvgIpc) is 2.80. The summed E-state index contributed by atoms with van der Waals surface area (Å²) in [6, 6.07) is 6.26. The second-order valence-corrected chi connectivity index (χ2v) is 7.74. The summed E-state index contributed by atoms with van der Waals surface area (Å²) in [7, 11) is -3.58. The van der Waals surface area contributed by atoms with E-state index < -0.39 is 10.0 Å². The van der Waals surface area contributed by atoms with Gasteiger partial charge in [0.05, 0.1) is 10.6 Å². The Morgan fingerprint density at radius 1 is 1.19 bits per heavy atom. The molecule has 2 N–H and O–H groups in total. The van der Waals surface area contributed by atoms with Crippen LogP contribution in [0.3, 0.4) is 0 Å². The standard InChI is InChI=1S/C13H16ClN3O3S/c14-10-3-1-2-4-11(10)21(19,20)17-7-5-13(6-8-17)9-15-12(18)16-13/h1-4H,5-9H2,(H2,15,16,18). The molecule has 0 aromatic heterocycles. The van der Waals surface area contributed by atoms with Gasteiger partial charge >= 0.3 is 6.03 Å². The van der Waals surface area contributed by atoms with Crippen LogP contribution in [0.15, 0.2) is 29.2 Å². The van der Waals surface area contributed by atoms with Crippen LogP contribution >= 0.6 is 11.6 Å². The van der Waals surface area contributed by atoms with Gasteiger partial charge in [-0.25, -0.2) is 13.2 Å². The number of benzene rings is 1. The fourth-order valence-electron chi connectivity index (χ4n) is 2.83. The molecule has 1 aromatic carbocycles. The van der Waals surface area contributed by atoms with Crippen LogP contribution < -0.4 is 10.6 Å². The highest BCUT2D eigenvalue weighted by Gasteiger charge is 2.43. The molecule has 6 nitrogen and oxygen atoms in total. The van der Waals surface area contributed by atoms with Gasteiger partial charge in [0.1, 0.15) is 4.90 Å². The predicted molar refractivity (Wildman–Crippen MR) is 78.7 cm³/mol. The van der Waals surface area contributed by atoms with E-state index >= 15 is 0 Å². The number of halogens is 1. The fourth-order valence-corrected chi connectivity index (χ4v) is 4.76. The molecule has 2 amide bonds. The molecule has 0 atom stereocenters. The molecule has 3 rings (SSSR count). The van der Waals surface area contributed by atoms with Crippen molar-refractivity contribution in [1.29, 1.82) is 0 Å². The first kappa shape index (κ1) is 14.6. The molecule has 1 aromatic rings. The van der Waals surface area contributed by atoms with Crippen molar-refractivity contribution in [2.75, 3.05) is 19.6 Å². The monoisotopic (exact) mass is 329 g/mol. The minimum Gasteiger partial charge on any atom is -0.336 e. The van der Waals surface area contributed by atoms with Crippen LogP contribution in [0.25, 0.3) is 0 Å². The topological polar surface area (TPSA) is 78.5 Å². The summed E-state index contributed by atoms with van der Waals surface area (Å²) >= 11 is 5.99. The van der Waals surface area contributed by atoms with Crippen molar-refractivity contribution in [3.8, 4) is 0 Å². The third-order valence-electron chi connectivity index (χ3n) is 4.10. The molecule has 21 heavy (non-hydrogen) atoms. The third kappa shape index (κ3) is 2.61. The van der Waals surface area contributed by atoms with Gasteiger partial charge in [-0.15, -0.1) is 0 Å². The Morgan fingerprint density at radius 3 is 2.43 bits per heavy atom. The van der Waals surface area contributed by atoms with Gasteiger partial charge < -0.3 is 10.6 Å². The molecule has 2 fully saturated rings. The lowest BCUT2D eigenvalue weighted by atomic mass is 9.90. The van der Waals surface area contributed by atoms with Gasteiger partial charge in [-0.2, -0.15) is 4.31 Å². The Kier molecular flexibility index (Phi) is 3.59. The number of nitrogens with one attached hydrogen (secondary N) is 2. The summed E-state index contributed by atoms with van der Waals surface area (Å²) in [5.74, 6) is 0. The van der Waals surface area contributed by atoms with Crippen LogP contribution in [-0.4, -0.2) is 43.9 Å². The normalized spacial score (nSPS) is 22.0. The molecule has 0 radical (unpaired) electrons. The van der Waals surface area contributed by atoms with Crippen LogP contribution in [0.5, 0.6) is 0 Å². The maximum Gasteiger partial charge on any atom is 0.315 e. The van der Waals surface area contributed by atoms with E-state index in [9.17, 15) is 13.2 Å². The fraction of sp³-hybridized carbons (Fsp3) is 0.462. The molecule has 0 saturated carbocycles. The Balaban J connectivity index is 1.78. The van der Waals surface area contributed by atoms with E-state index in [2.05, 4.69) is 10.6 Å². The lowest BCUT2D eigenvalue weighted by molar-refractivity contribution is 0.216. The molecule has 2 saturated heterocycles. The average molecular weight is 330 g/mol. The number of carbonyl (C=O) groups excluding carboxylic acids is 1. The van der Waals surface area contributed by atoms with Crippen molar-refractivity contribution in [1.82, 2.24) is 14.9 Å². The number of carbonyl (C=O) groups is 1. The van der Waals surface area contributed by atoms with Gasteiger partial charge in [0.25, 0.3) is 0 Å². The minimum atomic E-state index is -3.58. The van der Waals surface area contributed by atoms with Crippen molar-refractivity contribution < 1.29 is 13.2 Å². The third-order valence-corrected chi connectivity index (χ3v) is 6.50. The Labute approximate surface area is 128 Å². The SMILES string of the molecule is O=C1NCC2(CCN(S(=O)(=O)c3ccccc3Cl)CC2)N1. The number of hydrogen-bond donors (Lipinski definition) is 2. The smallest absolute Gasteiger partial charge is 0.315 e. The van der Waals surface area contributed by atoms with Gasteiger partial charge in [0.2, 0.25) is 10.0 Å². The quantitative estimate of drug-likeness (QED) is 0.855. The molecule has 0 bridgehead atoms. The maximum atomic E-state index is 12.6. The summed E-state index contributed by atoms with van der Waals surface area (Å²) in [6.45, 7) is 1.29. The zero-order valence-corrected chi connectivity index (χ0v) is 12.9. The van der Waals surface area contributed by atoms with E-state index in [4.69, 9.17) is 11.6 Å². The van der Waals surface area contributed by atoms with Crippen LogP contribution in [0, 0.1) is 0 Å². The van der Waals surface area contributed by atoms with E-state index in [-0.39, 0.29) is 21.5 Å². The molecule has 0 aliphatic carbocycles. The van der Waals surface area contributed by atoms with Gasteiger partial charge in [0, 0.05) is 19.6 Å². The van der Waals surface area contributed by atoms with Crippen LogP contribution in [0.2, 0.25) is 5.02 Å². The summed E-state index contributed by atoms with van der Waals surface area (Å²) in [5, 5.41) is 5.86. The summed E-state index contributed by atoms with van der Waals surface area (Å²) in [4.78, 5) is 11.4. The van der Waals surface area contributed by atoms with Crippen molar-refractivity contribution in [3.05, 3.63) is 29.3 Å². The second-order valence-electron chi connectivity index (χ2n) is 5.42. The lowest BCUT2D eigenvalue weighted by Crippen LogP contribution is -2.53. The van der Waals surface area contributed by atoms with Gasteiger partial charge in [0.15, 0.2) is 0 Å². The number of hydrogen-bond acceptors (Lipinski definition) is 3. The van der Waals surface area contributed by atoms with E-state index in [1.165, 1.54) is 10.4 Å². The van der Waals surface area contributed by atoms with Gasteiger partial charge in [-0.3, -0.25) is 0 Å². The predicted octanol–water partition coefficient (Wildman–Crippen LogP) is 1.18. The first-order valence-corrected chi connectivity index (χ1v) is 8.56. The highest BCUT2D eigenvalue weighted by molar-refractivity contribution is 7.89. The van der Waals surface area contributed by atoms with Crippen LogP contribution in [0.4, 0.5) is 4.79 Å². The molecule has 1 spiro atoms. The van der Waals surface area contributed by atoms with Crippen molar-refractivity contribution >= 4 is 27.7 Å². The molecule has 114 valence electrons. The largest absolute Gasteiger partial charge is 0.336 e. The first-order valence-electron chi connectivity index (χ1n) is 6.74. The summed E-state index contributed by atoms with van der Waals surface area (Å²) < 4.78 is 26.7. The van der Waals surface area contributed by atoms with Crippen molar-refractivity contribution in [3.63, 3.8) is 0 Å². The summed E-state index contributed by atoms with van der Waals surface area (Å²) in [6.07, 6.45) is 1.19. The molecule has 2 heterocycles. The molecular weight excluding hydrogens is 314 g/mol. The van der Waals surface area contributed by atoms with Gasteiger partial charge in [-0.05, 0) is 25.0 Å². The number of amides is 2. The molecule has 2 aliphatic rings. The highest BCUT2D eigenvalue weighted by atomic mass is 35.5. The minimum absolute atomic E-state index is 0.135. The van der Waals surface area contributed by atoms with E-state index in [0.29, 0.717) is 32.5 Å². The summed E-state index contributed by atoms with van der Waals surface area (Å²) in [5.41, 5.74) is -0.316. The first-order chi connectivity index (χ1) is 9.93. The lowest BCUT2D eigenvalue weighted by Gasteiger charge is -2.37. The number of sulfonamides is 1. The van der Waals surface area contributed by atoms with E-state index in [1.54, 1.807) is 18.2 Å². The number of piperidine rings is 1. The van der Waals surface area contributed by atoms with Gasteiger partial charge in [-0.1, -0.05) is 23.7 Å². The zero-order chi connectivity index (χ0) is 15.1. The Morgan fingerprint density at radius 2 is 1.86 bits per heavy atom. The molecule has 8 heteroatoms. The van der Waals surface area contributed by atoms with Crippen molar-refractivity contribution in [2.45, 2.75) is 23.3 Å². The Hall–Kier alpha value is -1.31. The number of rotatable bonds is 2. The molecule has 0 unspecified atom stereocenters. The van der Waals surface area contributed by atoms with Crippen LogP contribution in [-0.2, 0) is 10.0 Å². The van der Waals surface area contributed by atoms with E-state index in [1.807, 2.05) is 0 Å². The zero-order valence-electron chi connectivity index (χ0n) is 11.3. The van der Waals surface area contributed by atoms with Crippen LogP contribution in [0.1, 0.15) is 12.8 Å². The highest BCUT2D eigenvalue weighted by Crippen LogP contribution is 2.30.